The van der Waals surface area contributed by atoms with E-state index in [1.54, 1.807) is 24.3 Å². The van der Waals surface area contributed by atoms with Crippen LogP contribution in [-0.4, -0.2) is 56.3 Å². The number of methoxy groups -OCH3 is 1. The molecule has 2 aromatic rings. The Kier molecular flexibility index (Phi) is 8.28. The van der Waals surface area contributed by atoms with Crippen LogP contribution in [0, 0.1) is 0 Å². The summed E-state index contributed by atoms with van der Waals surface area (Å²) in [6.45, 7) is 2.36. The molecule has 9 nitrogen and oxygen atoms in total. The first-order valence-electron chi connectivity index (χ1n) is 8.37. The van der Waals surface area contributed by atoms with Crippen LogP contribution in [0.1, 0.15) is 13.8 Å². The average molecular weight is 459 g/mol. The van der Waals surface area contributed by atoms with Crippen molar-refractivity contribution in [3.05, 3.63) is 60.7 Å². The Morgan fingerprint density at radius 3 is 1.57 bits per heavy atom. The number of ether oxygens (including phenoxy) is 1. The molecule has 0 amide bonds. The standard InChI is InChI=1S/C10H12O4S.C9H10O5S/c1-10(2,9(11)12)15(13,14)8-6-4-3-5-7-8;1-14-9(8(10)11)15(12,13)7-5-3-2-4-6-7/h3-7H,1-2H3,(H,11,12);2-6,9H,1H3,(H,10,11). The van der Waals surface area contributed by atoms with E-state index in [9.17, 15) is 26.4 Å². The second kappa shape index (κ2) is 9.83. The molecule has 2 rings (SSSR count). The molecule has 0 aliphatic heterocycles. The van der Waals surface area contributed by atoms with Gasteiger partial charge in [-0.25, -0.2) is 21.6 Å². The van der Waals surface area contributed by atoms with Gasteiger partial charge in [0.05, 0.1) is 9.79 Å². The van der Waals surface area contributed by atoms with E-state index in [0.29, 0.717) is 0 Å². The quantitative estimate of drug-likeness (QED) is 0.633. The van der Waals surface area contributed by atoms with Gasteiger partial charge in [0, 0.05) is 7.11 Å². The average Bonchev–Trinajstić information content (AvgIpc) is 2.69. The van der Waals surface area contributed by atoms with Crippen LogP contribution in [0.4, 0.5) is 0 Å². The van der Waals surface area contributed by atoms with E-state index >= 15 is 0 Å². The highest BCUT2D eigenvalue weighted by molar-refractivity contribution is 7.93. The number of carboxylic acid groups (broad SMARTS) is 2. The summed E-state index contributed by atoms with van der Waals surface area (Å²) in [6, 6.07) is 14.9. The van der Waals surface area contributed by atoms with Crippen molar-refractivity contribution in [1.82, 2.24) is 0 Å². The summed E-state index contributed by atoms with van der Waals surface area (Å²) < 4.78 is 49.9. The SMILES string of the molecule is CC(C)(C(=O)O)S(=O)(=O)c1ccccc1.COC(C(=O)O)S(=O)(=O)c1ccccc1. The summed E-state index contributed by atoms with van der Waals surface area (Å²) in [7, 11) is -6.77. The Hall–Kier alpha value is -2.76. The van der Waals surface area contributed by atoms with Crippen LogP contribution in [0.3, 0.4) is 0 Å². The van der Waals surface area contributed by atoms with Crippen LogP contribution >= 0.6 is 0 Å². The summed E-state index contributed by atoms with van der Waals surface area (Å²) in [5.41, 5.74) is -1.86. The second-order valence-electron chi connectivity index (χ2n) is 6.40. The second-order valence-corrected chi connectivity index (χ2v) is 10.9. The molecule has 0 radical (unpaired) electrons. The molecule has 0 fully saturated rings. The van der Waals surface area contributed by atoms with Crippen LogP contribution in [0.15, 0.2) is 70.5 Å². The van der Waals surface area contributed by atoms with Gasteiger partial charge in [-0.2, -0.15) is 0 Å². The number of sulfone groups is 2. The number of rotatable bonds is 7. The highest BCUT2D eigenvalue weighted by Gasteiger charge is 2.42. The fourth-order valence-electron chi connectivity index (χ4n) is 2.10. The summed E-state index contributed by atoms with van der Waals surface area (Å²) in [6.07, 6.45) is 0. The molecule has 1 unspecified atom stereocenters. The third-order valence-corrected chi connectivity index (χ3v) is 8.31. The van der Waals surface area contributed by atoms with Crippen molar-refractivity contribution in [1.29, 1.82) is 0 Å². The first kappa shape index (κ1) is 25.3. The molecule has 0 heterocycles. The minimum atomic E-state index is -3.97. The van der Waals surface area contributed by atoms with Gasteiger partial charge in [0.25, 0.3) is 5.44 Å². The van der Waals surface area contributed by atoms with Gasteiger partial charge in [-0.1, -0.05) is 36.4 Å². The third-order valence-electron chi connectivity index (χ3n) is 4.01. The minimum absolute atomic E-state index is 0.0254. The van der Waals surface area contributed by atoms with Crippen molar-refractivity contribution in [2.75, 3.05) is 7.11 Å². The van der Waals surface area contributed by atoms with Crippen molar-refractivity contribution >= 4 is 31.6 Å². The largest absolute Gasteiger partial charge is 0.480 e. The van der Waals surface area contributed by atoms with Crippen LogP contribution in [0.25, 0.3) is 0 Å². The molecule has 1 atom stereocenters. The predicted molar refractivity (Wildman–Crippen MR) is 107 cm³/mol. The lowest BCUT2D eigenvalue weighted by Gasteiger charge is -2.19. The number of hydrogen-bond acceptors (Lipinski definition) is 7. The molecule has 2 N–H and O–H groups in total. The summed E-state index contributed by atoms with van der Waals surface area (Å²) >= 11 is 0. The van der Waals surface area contributed by atoms with Crippen molar-refractivity contribution in [3.63, 3.8) is 0 Å². The van der Waals surface area contributed by atoms with E-state index in [0.717, 1.165) is 7.11 Å². The lowest BCUT2D eigenvalue weighted by atomic mass is 10.2. The van der Waals surface area contributed by atoms with Gasteiger partial charge in [0.2, 0.25) is 9.84 Å². The van der Waals surface area contributed by atoms with Crippen LogP contribution < -0.4 is 0 Å². The Balaban J connectivity index is 0.000000300. The molecular formula is C19H22O9S2. The van der Waals surface area contributed by atoms with E-state index in [2.05, 4.69) is 4.74 Å². The summed E-state index contributed by atoms with van der Waals surface area (Å²) in [4.78, 5) is 21.5. The highest BCUT2D eigenvalue weighted by Crippen LogP contribution is 2.25. The fourth-order valence-corrected chi connectivity index (χ4v) is 4.74. The monoisotopic (exact) mass is 458 g/mol. The third kappa shape index (κ3) is 5.43. The lowest BCUT2D eigenvalue weighted by molar-refractivity contribution is -0.143. The maximum absolute atomic E-state index is 11.9. The number of aliphatic carboxylic acids is 2. The first-order valence-corrected chi connectivity index (χ1v) is 11.4. The summed E-state index contributed by atoms with van der Waals surface area (Å²) in [5.74, 6) is -2.88. The number of carboxylic acids is 2. The van der Waals surface area contributed by atoms with Crippen molar-refractivity contribution < 1.29 is 41.4 Å². The van der Waals surface area contributed by atoms with Gasteiger partial charge in [-0.05, 0) is 38.1 Å². The van der Waals surface area contributed by atoms with Gasteiger partial charge < -0.3 is 14.9 Å². The van der Waals surface area contributed by atoms with Crippen LogP contribution in [0.2, 0.25) is 0 Å². The molecule has 11 heteroatoms. The van der Waals surface area contributed by atoms with Crippen molar-refractivity contribution in [2.24, 2.45) is 0 Å². The van der Waals surface area contributed by atoms with Gasteiger partial charge in [-0.15, -0.1) is 0 Å². The molecule has 2 aromatic carbocycles. The van der Waals surface area contributed by atoms with Gasteiger partial charge in [-0.3, -0.25) is 4.79 Å². The molecule has 30 heavy (non-hydrogen) atoms. The molecule has 0 aliphatic rings. The number of hydrogen-bond donors (Lipinski definition) is 2. The highest BCUT2D eigenvalue weighted by atomic mass is 32.2. The predicted octanol–water partition coefficient (Wildman–Crippen LogP) is 1.84. The molecule has 0 saturated carbocycles. The van der Waals surface area contributed by atoms with E-state index in [4.69, 9.17) is 10.2 Å². The number of benzene rings is 2. The van der Waals surface area contributed by atoms with Gasteiger partial charge in [0.1, 0.15) is 0 Å². The minimum Gasteiger partial charge on any atom is -0.480 e. The summed E-state index contributed by atoms with van der Waals surface area (Å²) in [5, 5.41) is 17.5. The Bertz CT molecular complexity index is 1080. The van der Waals surface area contributed by atoms with E-state index < -0.39 is 41.8 Å². The topological polar surface area (TPSA) is 152 Å². The zero-order chi connectivity index (χ0) is 23.2. The maximum Gasteiger partial charge on any atom is 0.349 e. The fraction of sp³-hybridized carbons (Fsp3) is 0.263. The molecule has 0 aromatic heterocycles. The smallest absolute Gasteiger partial charge is 0.349 e. The maximum atomic E-state index is 11.9. The molecule has 0 saturated heterocycles. The zero-order valence-electron chi connectivity index (χ0n) is 16.4. The molecule has 0 spiro atoms. The molecular weight excluding hydrogens is 436 g/mol. The molecule has 0 bridgehead atoms. The van der Waals surface area contributed by atoms with Gasteiger partial charge in [0.15, 0.2) is 14.6 Å². The van der Waals surface area contributed by atoms with E-state index in [1.807, 2.05) is 0 Å². The van der Waals surface area contributed by atoms with Crippen LogP contribution in [0.5, 0.6) is 0 Å². The lowest BCUT2D eigenvalue weighted by Crippen LogP contribution is -2.40. The Morgan fingerprint density at radius 2 is 1.23 bits per heavy atom. The Labute approximate surface area is 174 Å². The van der Waals surface area contributed by atoms with E-state index in [-0.39, 0.29) is 9.79 Å². The molecule has 0 aliphatic carbocycles. The Morgan fingerprint density at radius 1 is 0.833 bits per heavy atom. The van der Waals surface area contributed by atoms with E-state index in [1.165, 1.54) is 50.2 Å². The van der Waals surface area contributed by atoms with Crippen molar-refractivity contribution in [2.45, 2.75) is 33.8 Å². The number of carbonyl (C=O) groups is 2. The van der Waals surface area contributed by atoms with Gasteiger partial charge >= 0.3 is 11.9 Å². The van der Waals surface area contributed by atoms with Crippen molar-refractivity contribution in [3.8, 4) is 0 Å². The first-order chi connectivity index (χ1) is 13.8. The zero-order valence-corrected chi connectivity index (χ0v) is 18.1. The normalized spacial score (nSPS) is 12.9. The molecule has 164 valence electrons. The van der Waals surface area contributed by atoms with Crippen LogP contribution in [-0.2, 0) is 34.0 Å².